The second kappa shape index (κ2) is 4.69. The number of nitrogens with one attached hydrogen (secondary N) is 1. The number of rotatable bonds is 1. The summed E-state index contributed by atoms with van der Waals surface area (Å²) in [6, 6.07) is 5.36. The van der Waals surface area contributed by atoms with Crippen molar-refractivity contribution >= 4 is 23.2 Å². The van der Waals surface area contributed by atoms with Crippen molar-refractivity contribution in [3.63, 3.8) is 0 Å². The van der Waals surface area contributed by atoms with Gasteiger partial charge in [0.05, 0.1) is 10.0 Å². The fourth-order valence-corrected chi connectivity index (χ4v) is 2.25. The van der Waals surface area contributed by atoms with Crippen molar-refractivity contribution in [2.75, 3.05) is 13.1 Å². The summed E-state index contributed by atoms with van der Waals surface area (Å²) in [5.41, 5.74) is 0.943. The maximum Gasteiger partial charge on any atom is 0.119 e. The molecule has 2 atom stereocenters. The van der Waals surface area contributed by atoms with Crippen LogP contribution in [0.25, 0.3) is 0 Å². The Hall–Kier alpha value is -0.310. The molecule has 1 saturated heterocycles. The molecule has 1 aromatic carbocycles. The van der Waals surface area contributed by atoms with E-state index in [4.69, 9.17) is 23.2 Å². The molecular formula is C11H12Cl2FN. The van der Waals surface area contributed by atoms with Gasteiger partial charge in [0.15, 0.2) is 0 Å². The van der Waals surface area contributed by atoms with Crippen LogP contribution in [0.3, 0.4) is 0 Å². The Labute approximate surface area is 98.6 Å². The van der Waals surface area contributed by atoms with Crippen molar-refractivity contribution in [2.24, 2.45) is 0 Å². The highest BCUT2D eigenvalue weighted by molar-refractivity contribution is 6.42. The van der Waals surface area contributed by atoms with Gasteiger partial charge in [-0.25, -0.2) is 4.39 Å². The zero-order valence-corrected chi connectivity index (χ0v) is 9.65. The SMILES string of the molecule is FC1CNCCC1c1ccc(Cl)c(Cl)c1. The monoisotopic (exact) mass is 247 g/mol. The molecule has 1 aliphatic rings. The molecule has 0 spiro atoms. The first-order valence-electron chi connectivity index (χ1n) is 4.98. The Morgan fingerprint density at radius 2 is 2.07 bits per heavy atom. The molecule has 0 aliphatic carbocycles. The Kier molecular flexibility index (Phi) is 3.49. The van der Waals surface area contributed by atoms with Gasteiger partial charge >= 0.3 is 0 Å². The summed E-state index contributed by atoms with van der Waals surface area (Å²) in [4.78, 5) is 0. The molecule has 1 nitrogen and oxygen atoms in total. The third-order valence-electron chi connectivity index (χ3n) is 2.78. The van der Waals surface area contributed by atoms with Crippen LogP contribution >= 0.6 is 23.2 Å². The Morgan fingerprint density at radius 3 is 2.73 bits per heavy atom. The maximum absolute atomic E-state index is 13.6. The van der Waals surface area contributed by atoms with E-state index in [0.717, 1.165) is 18.5 Å². The molecule has 2 rings (SSSR count). The van der Waals surface area contributed by atoms with Gasteiger partial charge in [0.2, 0.25) is 0 Å². The number of alkyl halides is 1. The van der Waals surface area contributed by atoms with Crippen LogP contribution in [0.5, 0.6) is 0 Å². The minimum absolute atomic E-state index is 0.0546. The second-order valence-corrected chi connectivity index (χ2v) is 4.60. The van der Waals surface area contributed by atoms with Gasteiger partial charge in [-0.1, -0.05) is 29.3 Å². The normalized spacial score (nSPS) is 26.6. The van der Waals surface area contributed by atoms with Crippen LogP contribution in [0, 0.1) is 0 Å². The Balaban J connectivity index is 2.24. The fraction of sp³-hybridized carbons (Fsp3) is 0.455. The van der Waals surface area contributed by atoms with Gasteiger partial charge in [-0.05, 0) is 30.7 Å². The predicted molar refractivity (Wildman–Crippen MR) is 61.6 cm³/mol. The number of hydrogen-bond acceptors (Lipinski definition) is 1. The fourth-order valence-electron chi connectivity index (χ4n) is 1.94. The van der Waals surface area contributed by atoms with Crippen LogP contribution in [0.2, 0.25) is 10.0 Å². The summed E-state index contributed by atoms with van der Waals surface area (Å²) in [6.45, 7) is 1.27. The van der Waals surface area contributed by atoms with Gasteiger partial charge in [-0.15, -0.1) is 0 Å². The van der Waals surface area contributed by atoms with E-state index in [9.17, 15) is 4.39 Å². The van der Waals surface area contributed by atoms with Crippen molar-refractivity contribution in [3.8, 4) is 0 Å². The molecule has 1 aliphatic heterocycles. The lowest BCUT2D eigenvalue weighted by Gasteiger charge is -2.27. The standard InChI is InChI=1S/C11H12Cl2FN/c12-9-2-1-7(5-10(9)13)8-3-4-15-6-11(8)14/h1-2,5,8,11,15H,3-4,6H2. The number of benzene rings is 1. The van der Waals surface area contributed by atoms with E-state index in [2.05, 4.69) is 5.32 Å². The molecule has 0 amide bonds. The van der Waals surface area contributed by atoms with Gasteiger partial charge < -0.3 is 5.32 Å². The van der Waals surface area contributed by atoms with Crippen molar-refractivity contribution in [1.82, 2.24) is 5.32 Å². The minimum atomic E-state index is -0.837. The first-order chi connectivity index (χ1) is 7.18. The van der Waals surface area contributed by atoms with Crippen LogP contribution in [0.1, 0.15) is 17.9 Å². The van der Waals surface area contributed by atoms with Crippen molar-refractivity contribution in [3.05, 3.63) is 33.8 Å². The summed E-state index contributed by atoms with van der Waals surface area (Å²) in [6.07, 6.45) is -0.0324. The van der Waals surface area contributed by atoms with Crippen LogP contribution in [-0.2, 0) is 0 Å². The average Bonchev–Trinajstić information content (AvgIpc) is 2.23. The van der Waals surface area contributed by atoms with Crippen molar-refractivity contribution in [2.45, 2.75) is 18.5 Å². The third kappa shape index (κ3) is 2.44. The molecule has 1 heterocycles. The van der Waals surface area contributed by atoms with Crippen LogP contribution < -0.4 is 5.32 Å². The molecule has 82 valence electrons. The number of hydrogen-bond donors (Lipinski definition) is 1. The maximum atomic E-state index is 13.6. The lowest BCUT2D eigenvalue weighted by molar-refractivity contribution is 0.231. The minimum Gasteiger partial charge on any atom is -0.314 e. The third-order valence-corrected chi connectivity index (χ3v) is 3.52. The summed E-state index contributed by atoms with van der Waals surface area (Å²) in [7, 11) is 0. The highest BCUT2D eigenvalue weighted by Crippen LogP contribution is 2.32. The predicted octanol–water partition coefficient (Wildman–Crippen LogP) is 3.41. The molecule has 0 radical (unpaired) electrons. The summed E-state index contributed by atoms with van der Waals surface area (Å²) < 4.78 is 13.6. The van der Waals surface area contributed by atoms with E-state index in [0.29, 0.717) is 16.6 Å². The topological polar surface area (TPSA) is 12.0 Å². The van der Waals surface area contributed by atoms with E-state index < -0.39 is 6.17 Å². The van der Waals surface area contributed by atoms with E-state index in [1.807, 2.05) is 6.07 Å². The highest BCUT2D eigenvalue weighted by atomic mass is 35.5. The summed E-state index contributed by atoms with van der Waals surface area (Å²) in [5, 5.41) is 4.04. The number of piperidine rings is 1. The summed E-state index contributed by atoms with van der Waals surface area (Å²) >= 11 is 11.7. The van der Waals surface area contributed by atoms with Gasteiger partial charge in [-0.2, -0.15) is 0 Å². The summed E-state index contributed by atoms with van der Waals surface area (Å²) in [5.74, 6) is -0.0546. The van der Waals surface area contributed by atoms with E-state index in [-0.39, 0.29) is 5.92 Å². The Morgan fingerprint density at radius 1 is 1.27 bits per heavy atom. The Bertz CT molecular complexity index is 356. The molecule has 0 saturated carbocycles. The quantitative estimate of drug-likeness (QED) is 0.803. The molecule has 4 heteroatoms. The molecule has 2 unspecified atom stereocenters. The van der Waals surface area contributed by atoms with Gasteiger partial charge in [-0.3, -0.25) is 0 Å². The van der Waals surface area contributed by atoms with E-state index in [1.165, 1.54) is 0 Å². The largest absolute Gasteiger partial charge is 0.314 e. The molecule has 0 bridgehead atoms. The van der Waals surface area contributed by atoms with Crippen LogP contribution in [0.4, 0.5) is 4.39 Å². The molecule has 0 aromatic heterocycles. The molecular weight excluding hydrogens is 236 g/mol. The van der Waals surface area contributed by atoms with Gasteiger partial charge in [0.25, 0.3) is 0 Å². The second-order valence-electron chi connectivity index (χ2n) is 3.79. The average molecular weight is 248 g/mol. The smallest absolute Gasteiger partial charge is 0.119 e. The van der Waals surface area contributed by atoms with Crippen molar-refractivity contribution in [1.29, 1.82) is 0 Å². The molecule has 1 aromatic rings. The first kappa shape index (κ1) is 11.2. The molecule has 1 N–H and O–H groups in total. The van der Waals surface area contributed by atoms with Crippen molar-refractivity contribution < 1.29 is 4.39 Å². The molecule has 1 fully saturated rings. The van der Waals surface area contributed by atoms with Crippen LogP contribution in [0.15, 0.2) is 18.2 Å². The lowest BCUT2D eigenvalue weighted by atomic mass is 9.89. The van der Waals surface area contributed by atoms with E-state index in [1.54, 1.807) is 12.1 Å². The molecule has 15 heavy (non-hydrogen) atoms. The van der Waals surface area contributed by atoms with Gasteiger partial charge in [0.1, 0.15) is 6.17 Å². The lowest BCUT2D eigenvalue weighted by Crippen LogP contribution is -2.36. The van der Waals surface area contributed by atoms with E-state index >= 15 is 0 Å². The van der Waals surface area contributed by atoms with Gasteiger partial charge in [0, 0.05) is 12.5 Å². The highest BCUT2D eigenvalue weighted by Gasteiger charge is 2.26. The zero-order valence-electron chi connectivity index (χ0n) is 8.14. The van der Waals surface area contributed by atoms with Crippen LogP contribution in [-0.4, -0.2) is 19.3 Å². The number of halogens is 3. The zero-order chi connectivity index (χ0) is 10.8. The first-order valence-corrected chi connectivity index (χ1v) is 5.74.